The van der Waals surface area contributed by atoms with Crippen LogP contribution in [0.3, 0.4) is 0 Å². The predicted molar refractivity (Wildman–Crippen MR) is 58.7 cm³/mol. The Balaban J connectivity index is 2.45. The summed E-state index contributed by atoms with van der Waals surface area (Å²) in [6, 6.07) is -0.148. The van der Waals surface area contributed by atoms with Crippen molar-refractivity contribution in [1.82, 2.24) is 9.97 Å². The molecule has 0 saturated heterocycles. The van der Waals surface area contributed by atoms with E-state index in [4.69, 9.17) is 5.73 Å². The topological polar surface area (TPSA) is 71.8 Å². The first-order valence-corrected chi connectivity index (χ1v) is 5.60. The second kappa shape index (κ2) is 4.14. The number of nitrogens with zero attached hydrogens (tertiary/aromatic N) is 1. The van der Waals surface area contributed by atoms with Crippen LogP contribution in [0.5, 0.6) is 0 Å². The predicted octanol–water partition coefficient (Wildman–Crippen LogP) is 1.06. The summed E-state index contributed by atoms with van der Waals surface area (Å²) in [7, 11) is 0. The zero-order chi connectivity index (χ0) is 10.8. The van der Waals surface area contributed by atoms with E-state index in [1.54, 1.807) is 0 Å². The van der Waals surface area contributed by atoms with E-state index in [9.17, 15) is 4.79 Å². The molecule has 2 rings (SSSR count). The number of aryl methyl sites for hydroxylation is 1. The van der Waals surface area contributed by atoms with Crippen LogP contribution in [0.1, 0.15) is 49.3 Å². The molecule has 4 nitrogen and oxygen atoms in total. The Bertz CT molecular complexity index is 411. The lowest BCUT2D eigenvalue weighted by molar-refractivity contribution is 0.604. The molecule has 1 heterocycles. The SMILES string of the molecule is CCC(N)c1nc2c(c(=O)[nH]1)CCCC2. The lowest BCUT2D eigenvalue weighted by atomic mass is 9.97. The van der Waals surface area contributed by atoms with E-state index in [1.807, 2.05) is 6.92 Å². The summed E-state index contributed by atoms with van der Waals surface area (Å²) < 4.78 is 0. The summed E-state index contributed by atoms with van der Waals surface area (Å²) in [5.74, 6) is 0.642. The third-order valence-corrected chi connectivity index (χ3v) is 3.00. The van der Waals surface area contributed by atoms with Crippen molar-refractivity contribution in [2.24, 2.45) is 5.73 Å². The second-order valence-corrected chi connectivity index (χ2v) is 4.10. The van der Waals surface area contributed by atoms with Crippen molar-refractivity contribution in [2.75, 3.05) is 0 Å². The minimum atomic E-state index is -0.148. The highest BCUT2D eigenvalue weighted by Crippen LogP contribution is 2.17. The average Bonchev–Trinajstić information content (AvgIpc) is 2.28. The highest BCUT2D eigenvalue weighted by atomic mass is 16.1. The number of rotatable bonds is 2. The molecule has 1 unspecified atom stereocenters. The molecule has 0 saturated carbocycles. The van der Waals surface area contributed by atoms with E-state index in [0.717, 1.165) is 43.4 Å². The van der Waals surface area contributed by atoms with E-state index in [1.165, 1.54) is 0 Å². The summed E-state index contributed by atoms with van der Waals surface area (Å²) >= 11 is 0. The minimum Gasteiger partial charge on any atom is -0.321 e. The smallest absolute Gasteiger partial charge is 0.254 e. The fraction of sp³-hybridized carbons (Fsp3) is 0.636. The largest absolute Gasteiger partial charge is 0.321 e. The number of nitrogens with two attached hydrogens (primary N) is 1. The molecule has 1 aliphatic carbocycles. The van der Waals surface area contributed by atoms with Gasteiger partial charge in [0.25, 0.3) is 5.56 Å². The van der Waals surface area contributed by atoms with Gasteiger partial charge in [0.2, 0.25) is 0 Å². The van der Waals surface area contributed by atoms with E-state index in [0.29, 0.717) is 5.82 Å². The fourth-order valence-electron chi connectivity index (χ4n) is 1.99. The Morgan fingerprint density at radius 1 is 1.47 bits per heavy atom. The zero-order valence-electron chi connectivity index (χ0n) is 9.05. The maximum absolute atomic E-state index is 11.8. The molecule has 0 aromatic carbocycles. The molecule has 82 valence electrons. The zero-order valence-corrected chi connectivity index (χ0v) is 9.05. The van der Waals surface area contributed by atoms with Crippen LogP contribution in [0.2, 0.25) is 0 Å². The minimum absolute atomic E-state index is 0.0126. The van der Waals surface area contributed by atoms with Crippen molar-refractivity contribution in [3.05, 3.63) is 27.4 Å². The van der Waals surface area contributed by atoms with E-state index in [-0.39, 0.29) is 11.6 Å². The van der Waals surface area contributed by atoms with Gasteiger partial charge in [0.15, 0.2) is 0 Å². The number of hydrogen-bond acceptors (Lipinski definition) is 3. The number of nitrogens with one attached hydrogen (secondary N) is 1. The molecular formula is C11H17N3O. The van der Waals surface area contributed by atoms with Gasteiger partial charge in [-0.1, -0.05) is 6.92 Å². The van der Waals surface area contributed by atoms with Gasteiger partial charge in [0.05, 0.1) is 11.7 Å². The lowest BCUT2D eigenvalue weighted by Gasteiger charge is -2.16. The van der Waals surface area contributed by atoms with Crippen LogP contribution in [-0.4, -0.2) is 9.97 Å². The summed E-state index contributed by atoms with van der Waals surface area (Å²) in [4.78, 5) is 19.0. The Kier molecular flexibility index (Phi) is 2.86. The van der Waals surface area contributed by atoms with E-state index >= 15 is 0 Å². The molecule has 4 heteroatoms. The maximum Gasteiger partial charge on any atom is 0.254 e. The third kappa shape index (κ3) is 1.95. The molecule has 1 atom stereocenters. The van der Waals surface area contributed by atoms with Gasteiger partial charge in [-0.25, -0.2) is 4.98 Å². The van der Waals surface area contributed by atoms with Gasteiger partial charge in [-0.2, -0.15) is 0 Å². The molecule has 0 bridgehead atoms. The van der Waals surface area contributed by atoms with Gasteiger partial charge < -0.3 is 10.7 Å². The molecule has 1 aliphatic rings. The van der Waals surface area contributed by atoms with Crippen LogP contribution in [0, 0.1) is 0 Å². The van der Waals surface area contributed by atoms with Crippen molar-refractivity contribution >= 4 is 0 Å². The highest BCUT2D eigenvalue weighted by molar-refractivity contribution is 5.21. The molecule has 0 spiro atoms. The van der Waals surface area contributed by atoms with Gasteiger partial charge in [-0.15, -0.1) is 0 Å². The quantitative estimate of drug-likeness (QED) is 0.761. The third-order valence-electron chi connectivity index (χ3n) is 3.00. The number of fused-ring (bicyclic) bond motifs is 1. The Hall–Kier alpha value is -1.16. The van der Waals surface area contributed by atoms with Gasteiger partial charge in [0, 0.05) is 5.56 Å². The fourth-order valence-corrected chi connectivity index (χ4v) is 1.99. The normalized spacial score (nSPS) is 17.2. The Labute approximate surface area is 88.9 Å². The van der Waals surface area contributed by atoms with Crippen LogP contribution in [-0.2, 0) is 12.8 Å². The monoisotopic (exact) mass is 207 g/mol. The van der Waals surface area contributed by atoms with Gasteiger partial charge in [-0.3, -0.25) is 4.79 Å². The van der Waals surface area contributed by atoms with Crippen LogP contribution in [0.15, 0.2) is 4.79 Å². The van der Waals surface area contributed by atoms with Crippen molar-refractivity contribution in [1.29, 1.82) is 0 Å². The van der Waals surface area contributed by atoms with Gasteiger partial charge in [-0.05, 0) is 32.1 Å². The molecule has 0 amide bonds. The summed E-state index contributed by atoms with van der Waals surface area (Å²) in [5, 5.41) is 0. The van der Waals surface area contributed by atoms with Crippen LogP contribution in [0.25, 0.3) is 0 Å². The van der Waals surface area contributed by atoms with Crippen molar-refractivity contribution in [2.45, 2.75) is 45.1 Å². The molecule has 15 heavy (non-hydrogen) atoms. The number of aromatic amines is 1. The first kappa shape index (κ1) is 10.4. The molecule has 0 fully saturated rings. The van der Waals surface area contributed by atoms with Gasteiger partial charge >= 0.3 is 0 Å². The summed E-state index contributed by atoms with van der Waals surface area (Å²) in [6.45, 7) is 1.99. The maximum atomic E-state index is 11.8. The molecule has 1 aromatic rings. The van der Waals surface area contributed by atoms with Crippen molar-refractivity contribution in [3.63, 3.8) is 0 Å². The molecule has 0 radical (unpaired) electrons. The molecule has 1 aromatic heterocycles. The Morgan fingerprint density at radius 2 is 2.20 bits per heavy atom. The van der Waals surface area contributed by atoms with Crippen molar-refractivity contribution in [3.8, 4) is 0 Å². The lowest BCUT2D eigenvalue weighted by Crippen LogP contribution is -2.26. The second-order valence-electron chi connectivity index (χ2n) is 4.10. The molecular weight excluding hydrogens is 190 g/mol. The number of hydrogen-bond donors (Lipinski definition) is 2. The Morgan fingerprint density at radius 3 is 2.93 bits per heavy atom. The highest BCUT2D eigenvalue weighted by Gasteiger charge is 2.17. The average molecular weight is 207 g/mol. The molecule has 3 N–H and O–H groups in total. The van der Waals surface area contributed by atoms with Crippen LogP contribution in [0.4, 0.5) is 0 Å². The summed E-state index contributed by atoms with van der Waals surface area (Å²) in [6.07, 6.45) is 4.80. The standard InChI is InChI=1S/C11H17N3O/c1-2-8(12)10-13-9-6-4-3-5-7(9)11(15)14-10/h8H,2-6,12H2,1H3,(H,13,14,15). The van der Waals surface area contributed by atoms with Crippen molar-refractivity contribution < 1.29 is 0 Å². The first-order valence-electron chi connectivity index (χ1n) is 5.60. The van der Waals surface area contributed by atoms with Crippen LogP contribution >= 0.6 is 0 Å². The van der Waals surface area contributed by atoms with Gasteiger partial charge in [0.1, 0.15) is 5.82 Å². The molecule has 0 aliphatic heterocycles. The number of aromatic nitrogens is 2. The first-order chi connectivity index (χ1) is 7.22. The van der Waals surface area contributed by atoms with E-state index in [2.05, 4.69) is 9.97 Å². The van der Waals surface area contributed by atoms with Crippen LogP contribution < -0.4 is 11.3 Å². The number of H-pyrrole nitrogens is 1. The summed E-state index contributed by atoms with van der Waals surface area (Å²) in [5.41, 5.74) is 7.71. The van der Waals surface area contributed by atoms with E-state index < -0.39 is 0 Å².